The molecule has 3 heteroatoms. The number of hydrogen-bond acceptors (Lipinski definition) is 3. The van der Waals surface area contributed by atoms with Gasteiger partial charge in [-0.25, -0.2) is 0 Å². The number of benzene rings is 1. The summed E-state index contributed by atoms with van der Waals surface area (Å²) in [6, 6.07) is 7.76. The lowest BCUT2D eigenvalue weighted by molar-refractivity contribution is -0.228. The van der Waals surface area contributed by atoms with Crippen LogP contribution >= 0.6 is 0 Å². The Kier molecular flexibility index (Phi) is 4.39. The molecule has 1 aromatic carbocycles. The molecular weight excluding hydrogens is 228 g/mol. The Morgan fingerprint density at radius 1 is 1.39 bits per heavy atom. The first-order valence-electron chi connectivity index (χ1n) is 6.32. The standard InChI is InChI=1S/C15H20O3/c1-4-11-10-17-15(18-14(11)5-2)12-6-8-13(16-3)9-7-12/h5-9,11,14-15H,2,4,10H2,1,3H3/t11-,14+,15-/m0/s1. The van der Waals surface area contributed by atoms with E-state index in [1.54, 1.807) is 7.11 Å². The topological polar surface area (TPSA) is 27.7 Å². The largest absolute Gasteiger partial charge is 0.497 e. The van der Waals surface area contributed by atoms with Gasteiger partial charge in [0.25, 0.3) is 0 Å². The second-order valence-corrected chi connectivity index (χ2v) is 4.44. The quantitative estimate of drug-likeness (QED) is 0.765. The van der Waals surface area contributed by atoms with Gasteiger partial charge in [0.05, 0.1) is 19.8 Å². The lowest BCUT2D eigenvalue weighted by Crippen LogP contribution is -2.34. The van der Waals surface area contributed by atoms with Gasteiger partial charge in [-0.1, -0.05) is 25.1 Å². The summed E-state index contributed by atoms with van der Waals surface area (Å²) in [5.74, 6) is 1.23. The number of methoxy groups -OCH3 is 1. The van der Waals surface area contributed by atoms with Gasteiger partial charge in [0, 0.05) is 11.5 Å². The maximum Gasteiger partial charge on any atom is 0.184 e. The van der Waals surface area contributed by atoms with Crippen molar-refractivity contribution in [1.29, 1.82) is 0 Å². The smallest absolute Gasteiger partial charge is 0.184 e. The SMILES string of the molecule is C=C[C@H]1O[C@@H](c2ccc(OC)cc2)OC[C@@H]1CC. The van der Waals surface area contributed by atoms with Crippen LogP contribution in [0.5, 0.6) is 5.75 Å². The molecule has 3 atom stereocenters. The van der Waals surface area contributed by atoms with Crippen molar-refractivity contribution in [3.05, 3.63) is 42.5 Å². The van der Waals surface area contributed by atoms with E-state index in [1.807, 2.05) is 30.3 Å². The minimum Gasteiger partial charge on any atom is -0.497 e. The molecule has 0 radical (unpaired) electrons. The van der Waals surface area contributed by atoms with Crippen LogP contribution in [0, 0.1) is 5.92 Å². The van der Waals surface area contributed by atoms with E-state index in [0.717, 1.165) is 17.7 Å². The van der Waals surface area contributed by atoms with Crippen LogP contribution in [0.25, 0.3) is 0 Å². The molecule has 0 unspecified atom stereocenters. The lowest BCUT2D eigenvalue weighted by Gasteiger charge is -2.34. The summed E-state index contributed by atoms with van der Waals surface area (Å²) in [4.78, 5) is 0. The monoisotopic (exact) mass is 248 g/mol. The number of rotatable bonds is 4. The highest BCUT2D eigenvalue weighted by Crippen LogP contribution is 2.31. The van der Waals surface area contributed by atoms with Crippen LogP contribution in [0.15, 0.2) is 36.9 Å². The number of ether oxygens (including phenoxy) is 3. The summed E-state index contributed by atoms with van der Waals surface area (Å²) in [7, 11) is 1.65. The van der Waals surface area contributed by atoms with Crippen LogP contribution in [0.1, 0.15) is 25.2 Å². The Hall–Kier alpha value is -1.32. The average Bonchev–Trinajstić information content (AvgIpc) is 2.46. The van der Waals surface area contributed by atoms with Gasteiger partial charge in [0.15, 0.2) is 6.29 Å². The van der Waals surface area contributed by atoms with Crippen molar-refractivity contribution in [3.63, 3.8) is 0 Å². The third-order valence-electron chi connectivity index (χ3n) is 3.35. The Balaban J connectivity index is 2.07. The molecular formula is C15H20O3. The molecule has 1 aromatic rings. The van der Waals surface area contributed by atoms with Crippen LogP contribution in [-0.2, 0) is 9.47 Å². The average molecular weight is 248 g/mol. The summed E-state index contributed by atoms with van der Waals surface area (Å²) in [6.45, 7) is 6.69. The van der Waals surface area contributed by atoms with Gasteiger partial charge in [0.2, 0.25) is 0 Å². The van der Waals surface area contributed by atoms with Gasteiger partial charge in [-0.15, -0.1) is 6.58 Å². The predicted molar refractivity (Wildman–Crippen MR) is 70.5 cm³/mol. The first-order valence-corrected chi connectivity index (χ1v) is 6.32. The van der Waals surface area contributed by atoms with Gasteiger partial charge in [-0.2, -0.15) is 0 Å². The predicted octanol–water partition coefficient (Wildman–Crippen LogP) is 3.32. The van der Waals surface area contributed by atoms with Gasteiger partial charge >= 0.3 is 0 Å². The zero-order chi connectivity index (χ0) is 13.0. The van der Waals surface area contributed by atoms with Crippen LogP contribution < -0.4 is 4.74 Å². The van der Waals surface area contributed by atoms with Crippen LogP contribution in [-0.4, -0.2) is 19.8 Å². The molecule has 1 heterocycles. The fourth-order valence-corrected chi connectivity index (χ4v) is 2.13. The van der Waals surface area contributed by atoms with E-state index in [1.165, 1.54) is 0 Å². The normalized spacial score (nSPS) is 27.8. The van der Waals surface area contributed by atoms with E-state index in [9.17, 15) is 0 Å². The van der Waals surface area contributed by atoms with E-state index in [4.69, 9.17) is 14.2 Å². The molecule has 2 rings (SSSR count). The molecule has 0 aromatic heterocycles. The summed E-state index contributed by atoms with van der Waals surface area (Å²) in [5.41, 5.74) is 1.01. The second kappa shape index (κ2) is 6.03. The van der Waals surface area contributed by atoms with Crippen molar-refractivity contribution >= 4 is 0 Å². The maximum atomic E-state index is 5.92. The Labute approximate surface area is 108 Å². The minimum absolute atomic E-state index is 0.0656. The molecule has 0 spiro atoms. The third kappa shape index (κ3) is 2.74. The molecule has 0 saturated carbocycles. The molecule has 18 heavy (non-hydrogen) atoms. The van der Waals surface area contributed by atoms with Crippen molar-refractivity contribution in [2.24, 2.45) is 5.92 Å². The third-order valence-corrected chi connectivity index (χ3v) is 3.35. The highest BCUT2D eigenvalue weighted by atomic mass is 16.7. The molecule has 1 aliphatic heterocycles. The van der Waals surface area contributed by atoms with E-state index < -0.39 is 0 Å². The zero-order valence-corrected chi connectivity index (χ0v) is 11.0. The van der Waals surface area contributed by atoms with Crippen molar-refractivity contribution in [1.82, 2.24) is 0 Å². The van der Waals surface area contributed by atoms with E-state index in [2.05, 4.69) is 13.5 Å². The molecule has 1 fully saturated rings. The van der Waals surface area contributed by atoms with Crippen molar-refractivity contribution in [3.8, 4) is 5.75 Å². The van der Waals surface area contributed by atoms with Crippen molar-refractivity contribution < 1.29 is 14.2 Å². The van der Waals surface area contributed by atoms with E-state index in [0.29, 0.717) is 12.5 Å². The molecule has 1 aliphatic rings. The van der Waals surface area contributed by atoms with Crippen molar-refractivity contribution in [2.75, 3.05) is 13.7 Å². The summed E-state index contributed by atoms with van der Waals surface area (Å²) < 4.78 is 16.8. The van der Waals surface area contributed by atoms with Crippen LogP contribution in [0.2, 0.25) is 0 Å². The van der Waals surface area contributed by atoms with Gasteiger partial charge < -0.3 is 14.2 Å². The Bertz CT molecular complexity index is 385. The van der Waals surface area contributed by atoms with E-state index in [-0.39, 0.29) is 12.4 Å². The summed E-state index contributed by atoms with van der Waals surface area (Å²) >= 11 is 0. The minimum atomic E-state index is -0.304. The molecule has 98 valence electrons. The molecule has 0 aliphatic carbocycles. The van der Waals surface area contributed by atoms with Gasteiger partial charge in [-0.3, -0.25) is 0 Å². The molecule has 3 nitrogen and oxygen atoms in total. The first-order chi connectivity index (χ1) is 8.78. The zero-order valence-electron chi connectivity index (χ0n) is 11.0. The van der Waals surface area contributed by atoms with Crippen LogP contribution in [0.4, 0.5) is 0 Å². The summed E-state index contributed by atoms with van der Waals surface area (Å²) in [6.07, 6.45) is 2.66. The highest BCUT2D eigenvalue weighted by molar-refractivity contribution is 5.28. The maximum absolute atomic E-state index is 5.92. The second-order valence-electron chi connectivity index (χ2n) is 4.44. The van der Waals surface area contributed by atoms with Crippen LogP contribution in [0.3, 0.4) is 0 Å². The van der Waals surface area contributed by atoms with Gasteiger partial charge in [0.1, 0.15) is 5.75 Å². The fourth-order valence-electron chi connectivity index (χ4n) is 2.13. The molecule has 0 bridgehead atoms. The lowest BCUT2D eigenvalue weighted by atomic mass is 9.99. The summed E-state index contributed by atoms with van der Waals surface area (Å²) in [5, 5.41) is 0. The molecule has 0 amide bonds. The van der Waals surface area contributed by atoms with E-state index >= 15 is 0 Å². The Morgan fingerprint density at radius 3 is 2.67 bits per heavy atom. The fraction of sp³-hybridized carbons (Fsp3) is 0.467. The van der Waals surface area contributed by atoms with Gasteiger partial charge in [-0.05, 0) is 18.6 Å². The first kappa shape index (κ1) is 13.1. The number of hydrogen-bond donors (Lipinski definition) is 0. The van der Waals surface area contributed by atoms with Crippen molar-refractivity contribution in [2.45, 2.75) is 25.7 Å². The Morgan fingerprint density at radius 2 is 2.11 bits per heavy atom. The molecule has 0 N–H and O–H groups in total. The molecule has 1 saturated heterocycles. The highest BCUT2D eigenvalue weighted by Gasteiger charge is 2.29.